The zero-order valence-corrected chi connectivity index (χ0v) is 9.67. The Balaban J connectivity index is 2.83. The molecule has 1 aromatic heterocycles. The van der Waals surface area contributed by atoms with Gasteiger partial charge in [0.15, 0.2) is 5.84 Å². The first-order valence-electron chi connectivity index (χ1n) is 4.88. The number of nitrogens with one attached hydrogen (secondary N) is 1. The largest absolute Gasteiger partial charge is 0.409 e. The highest BCUT2D eigenvalue weighted by molar-refractivity contribution is 6.04. The molecule has 0 spiro atoms. The van der Waals surface area contributed by atoms with Crippen LogP contribution in [0.1, 0.15) is 12.0 Å². The van der Waals surface area contributed by atoms with Gasteiger partial charge in [-0.05, 0) is 0 Å². The molecule has 0 unspecified atom stereocenters. The number of rotatable bonds is 5. The summed E-state index contributed by atoms with van der Waals surface area (Å²) in [6.45, 7) is 0.322. The third-order valence-corrected chi connectivity index (χ3v) is 2.11. The third kappa shape index (κ3) is 3.18. The fraction of sp³-hybridized carbons (Fsp3) is 0.444. The van der Waals surface area contributed by atoms with Crippen LogP contribution < -0.4 is 11.1 Å². The summed E-state index contributed by atoms with van der Waals surface area (Å²) in [5.74, 6) is 0.0315. The second-order valence-corrected chi connectivity index (χ2v) is 3.31. The van der Waals surface area contributed by atoms with Gasteiger partial charge in [-0.1, -0.05) is 5.16 Å². The number of amides is 1. The van der Waals surface area contributed by atoms with Crippen molar-refractivity contribution in [1.29, 1.82) is 0 Å². The molecular weight excluding hydrogens is 226 g/mol. The van der Waals surface area contributed by atoms with Crippen LogP contribution in [0.5, 0.6) is 0 Å². The second kappa shape index (κ2) is 5.85. The zero-order chi connectivity index (χ0) is 12.8. The van der Waals surface area contributed by atoms with Crippen molar-refractivity contribution < 1.29 is 14.7 Å². The van der Waals surface area contributed by atoms with Crippen molar-refractivity contribution >= 4 is 17.6 Å². The van der Waals surface area contributed by atoms with E-state index in [1.54, 1.807) is 7.05 Å². The number of aryl methyl sites for hydroxylation is 1. The quantitative estimate of drug-likeness (QED) is 0.278. The Kier molecular flexibility index (Phi) is 4.46. The summed E-state index contributed by atoms with van der Waals surface area (Å²) >= 11 is 0. The van der Waals surface area contributed by atoms with Gasteiger partial charge in [-0.3, -0.25) is 9.48 Å². The van der Waals surface area contributed by atoms with Gasteiger partial charge < -0.3 is 21.0 Å². The van der Waals surface area contributed by atoms with E-state index in [0.717, 1.165) is 0 Å². The lowest BCUT2D eigenvalue weighted by Gasteiger charge is -2.07. The number of carbonyl (C=O) groups is 1. The summed E-state index contributed by atoms with van der Waals surface area (Å²) in [6.07, 6.45) is 1.62. The van der Waals surface area contributed by atoms with Crippen LogP contribution in [-0.4, -0.2) is 40.4 Å². The molecule has 0 aliphatic rings. The molecule has 0 aliphatic carbocycles. The van der Waals surface area contributed by atoms with Gasteiger partial charge in [-0.15, -0.1) is 0 Å². The Morgan fingerprint density at radius 3 is 3.06 bits per heavy atom. The molecular formula is C9H15N5O3. The highest BCUT2D eigenvalue weighted by Crippen LogP contribution is 2.13. The van der Waals surface area contributed by atoms with Gasteiger partial charge >= 0.3 is 0 Å². The average molecular weight is 241 g/mol. The van der Waals surface area contributed by atoms with Crippen LogP contribution in [0.4, 0.5) is 5.82 Å². The molecule has 17 heavy (non-hydrogen) atoms. The maximum absolute atomic E-state index is 11.5. The smallest absolute Gasteiger partial charge is 0.227 e. The van der Waals surface area contributed by atoms with Gasteiger partial charge in [0, 0.05) is 14.2 Å². The predicted molar refractivity (Wildman–Crippen MR) is 60.8 cm³/mol. The van der Waals surface area contributed by atoms with Crippen molar-refractivity contribution in [3.05, 3.63) is 11.8 Å². The van der Waals surface area contributed by atoms with Crippen molar-refractivity contribution in [3.63, 3.8) is 0 Å². The maximum atomic E-state index is 11.5. The summed E-state index contributed by atoms with van der Waals surface area (Å²) in [7, 11) is 3.15. The summed E-state index contributed by atoms with van der Waals surface area (Å²) in [6, 6.07) is 0. The first-order chi connectivity index (χ1) is 8.10. The van der Waals surface area contributed by atoms with E-state index in [4.69, 9.17) is 15.7 Å². The van der Waals surface area contributed by atoms with Crippen LogP contribution in [0, 0.1) is 0 Å². The van der Waals surface area contributed by atoms with Crippen molar-refractivity contribution in [2.45, 2.75) is 6.42 Å². The van der Waals surface area contributed by atoms with E-state index in [1.165, 1.54) is 18.0 Å². The molecule has 8 nitrogen and oxygen atoms in total. The number of carbonyl (C=O) groups excluding carboxylic acids is 1. The Hall–Kier alpha value is -2.09. The van der Waals surface area contributed by atoms with E-state index in [9.17, 15) is 4.79 Å². The molecule has 4 N–H and O–H groups in total. The van der Waals surface area contributed by atoms with Crippen molar-refractivity contribution in [1.82, 2.24) is 9.78 Å². The molecule has 0 saturated heterocycles. The molecule has 1 aromatic rings. The molecule has 1 amide bonds. The lowest BCUT2D eigenvalue weighted by molar-refractivity contribution is -0.117. The minimum Gasteiger partial charge on any atom is -0.409 e. The summed E-state index contributed by atoms with van der Waals surface area (Å²) in [5, 5.41) is 18.0. The van der Waals surface area contributed by atoms with Crippen LogP contribution in [0.2, 0.25) is 0 Å². The SMILES string of the molecule is COCCC(=O)Nc1c(/C(N)=N/O)cnn1C. The van der Waals surface area contributed by atoms with E-state index < -0.39 is 0 Å². The minimum atomic E-state index is -0.234. The van der Waals surface area contributed by atoms with Gasteiger partial charge in [-0.25, -0.2) is 0 Å². The predicted octanol–water partition coefficient (Wildman–Crippen LogP) is -0.510. The third-order valence-electron chi connectivity index (χ3n) is 2.11. The Bertz CT molecular complexity index is 426. The molecule has 1 rings (SSSR count). The fourth-order valence-electron chi connectivity index (χ4n) is 1.22. The molecule has 0 aliphatic heterocycles. The van der Waals surface area contributed by atoms with Crippen LogP contribution in [0.3, 0.4) is 0 Å². The van der Waals surface area contributed by atoms with Crippen molar-refractivity contribution in [2.75, 3.05) is 19.0 Å². The molecule has 8 heteroatoms. The Labute approximate surface area is 98.0 Å². The van der Waals surface area contributed by atoms with E-state index in [1.807, 2.05) is 0 Å². The summed E-state index contributed by atoms with van der Waals surface area (Å²) in [4.78, 5) is 11.5. The highest BCUT2D eigenvalue weighted by atomic mass is 16.5. The second-order valence-electron chi connectivity index (χ2n) is 3.31. The van der Waals surface area contributed by atoms with Gasteiger partial charge in [0.05, 0.1) is 24.8 Å². The molecule has 0 atom stereocenters. The van der Waals surface area contributed by atoms with E-state index >= 15 is 0 Å². The van der Waals surface area contributed by atoms with Crippen molar-refractivity contribution in [2.24, 2.45) is 17.9 Å². The number of aromatic nitrogens is 2. The van der Waals surface area contributed by atoms with Gasteiger partial charge in [0.25, 0.3) is 0 Å². The number of nitrogens with zero attached hydrogens (tertiary/aromatic N) is 3. The Morgan fingerprint density at radius 1 is 1.76 bits per heavy atom. The van der Waals surface area contributed by atoms with Crippen LogP contribution >= 0.6 is 0 Å². The minimum absolute atomic E-state index is 0.111. The molecule has 0 fully saturated rings. The average Bonchev–Trinajstić information content (AvgIpc) is 2.67. The number of methoxy groups -OCH3 is 1. The van der Waals surface area contributed by atoms with Gasteiger partial charge in [-0.2, -0.15) is 5.10 Å². The number of oxime groups is 1. The fourth-order valence-corrected chi connectivity index (χ4v) is 1.22. The first kappa shape index (κ1) is 13.0. The standard InChI is InChI=1S/C9H15N5O3/c1-14-9(12-7(15)3-4-17-2)6(5-11-14)8(10)13-16/h5,16H,3-4H2,1-2H3,(H2,10,13)(H,12,15). The molecule has 0 aromatic carbocycles. The number of hydrogen-bond acceptors (Lipinski definition) is 5. The lowest BCUT2D eigenvalue weighted by Crippen LogP contribution is -2.20. The molecule has 0 radical (unpaired) electrons. The molecule has 0 saturated carbocycles. The van der Waals surface area contributed by atoms with Crippen LogP contribution in [-0.2, 0) is 16.6 Å². The number of hydrogen-bond donors (Lipinski definition) is 3. The van der Waals surface area contributed by atoms with Crippen LogP contribution in [0.15, 0.2) is 11.4 Å². The number of anilines is 1. The van der Waals surface area contributed by atoms with Gasteiger partial charge in [0.2, 0.25) is 5.91 Å². The molecule has 1 heterocycles. The Morgan fingerprint density at radius 2 is 2.47 bits per heavy atom. The first-order valence-corrected chi connectivity index (χ1v) is 4.88. The number of amidine groups is 1. The lowest BCUT2D eigenvalue weighted by atomic mass is 10.3. The van der Waals surface area contributed by atoms with Crippen molar-refractivity contribution in [3.8, 4) is 0 Å². The monoisotopic (exact) mass is 241 g/mol. The molecule has 0 bridgehead atoms. The zero-order valence-electron chi connectivity index (χ0n) is 9.67. The van der Waals surface area contributed by atoms with E-state index in [-0.39, 0.29) is 18.2 Å². The van der Waals surface area contributed by atoms with E-state index in [2.05, 4.69) is 15.6 Å². The molecule has 94 valence electrons. The summed E-state index contributed by atoms with van der Waals surface area (Å²) in [5.41, 5.74) is 5.82. The number of ether oxygens (including phenoxy) is 1. The van der Waals surface area contributed by atoms with Crippen LogP contribution in [0.25, 0.3) is 0 Å². The van der Waals surface area contributed by atoms with Gasteiger partial charge in [0.1, 0.15) is 5.82 Å². The highest BCUT2D eigenvalue weighted by Gasteiger charge is 2.14. The summed E-state index contributed by atoms with van der Waals surface area (Å²) < 4.78 is 6.22. The normalized spacial score (nSPS) is 11.5. The van der Waals surface area contributed by atoms with E-state index in [0.29, 0.717) is 18.0 Å². The maximum Gasteiger partial charge on any atom is 0.227 e. The number of nitrogens with two attached hydrogens (primary N) is 1. The topological polar surface area (TPSA) is 115 Å².